The Hall–Kier alpha value is -0.740. The van der Waals surface area contributed by atoms with Gasteiger partial charge in [0.25, 0.3) is 0 Å². The lowest BCUT2D eigenvalue weighted by molar-refractivity contribution is 0.621. The number of nitrogens with two attached hydrogens (primary N) is 1. The fourth-order valence-electron chi connectivity index (χ4n) is 2.75. The van der Waals surface area contributed by atoms with Gasteiger partial charge in [0.1, 0.15) is 5.82 Å². The topological polar surface area (TPSA) is 29.3 Å². The van der Waals surface area contributed by atoms with Crippen LogP contribution < -0.4 is 10.6 Å². The normalized spacial score (nSPS) is 25.4. The van der Waals surface area contributed by atoms with Crippen LogP contribution >= 0.6 is 11.8 Å². The van der Waals surface area contributed by atoms with E-state index in [9.17, 15) is 4.39 Å². The Labute approximate surface area is 119 Å². The van der Waals surface area contributed by atoms with Gasteiger partial charge in [-0.05, 0) is 37.1 Å². The number of rotatable bonds is 3. The van der Waals surface area contributed by atoms with Crippen LogP contribution in [0.5, 0.6) is 0 Å². The van der Waals surface area contributed by atoms with Crippen molar-refractivity contribution in [3.05, 3.63) is 29.6 Å². The third-order valence-corrected chi connectivity index (χ3v) is 4.57. The van der Waals surface area contributed by atoms with Crippen molar-refractivity contribution in [1.29, 1.82) is 0 Å². The molecule has 4 heteroatoms. The molecule has 0 aromatic heterocycles. The summed E-state index contributed by atoms with van der Waals surface area (Å²) in [6, 6.07) is 5.14. The maximum absolute atomic E-state index is 13.5. The molecule has 3 atom stereocenters. The molecule has 0 aliphatic carbocycles. The van der Waals surface area contributed by atoms with Crippen molar-refractivity contribution in [3.8, 4) is 0 Å². The molecule has 19 heavy (non-hydrogen) atoms. The highest BCUT2D eigenvalue weighted by atomic mass is 32.2. The average Bonchev–Trinajstić information content (AvgIpc) is 2.26. The Morgan fingerprint density at radius 2 is 2.00 bits per heavy atom. The van der Waals surface area contributed by atoms with Gasteiger partial charge in [-0.2, -0.15) is 11.8 Å². The van der Waals surface area contributed by atoms with E-state index >= 15 is 0 Å². The molecule has 3 unspecified atom stereocenters. The molecule has 1 saturated heterocycles. The van der Waals surface area contributed by atoms with Gasteiger partial charge >= 0.3 is 0 Å². The van der Waals surface area contributed by atoms with Crippen molar-refractivity contribution in [2.24, 2.45) is 5.73 Å². The molecule has 2 nitrogen and oxygen atoms in total. The molecule has 1 fully saturated rings. The summed E-state index contributed by atoms with van der Waals surface area (Å²) in [4.78, 5) is 2.38. The number of halogens is 1. The second-order valence-corrected chi connectivity index (χ2v) is 7.50. The molecule has 0 spiro atoms. The minimum Gasteiger partial charge on any atom is -0.369 e. The minimum absolute atomic E-state index is 0.0505. The van der Waals surface area contributed by atoms with Crippen LogP contribution in [-0.2, 0) is 6.42 Å². The molecular formula is C15H23FN2S. The molecule has 0 saturated carbocycles. The van der Waals surface area contributed by atoms with E-state index in [1.807, 2.05) is 24.8 Å². The third kappa shape index (κ3) is 3.86. The first-order valence-electron chi connectivity index (χ1n) is 6.90. The van der Waals surface area contributed by atoms with E-state index in [-0.39, 0.29) is 11.9 Å². The number of thioether (sulfide) groups is 1. The summed E-state index contributed by atoms with van der Waals surface area (Å²) in [7, 11) is 0. The zero-order chi connectivity index (χ0) is 14.0. The number of nitrogens with zero attached hydrogens (tertiary/aromatic N) is 1. The van der Waals surface area contributed by atoms with E-state index in [1.165, 1.54) is 0 Å². The summed E-state index contributed by atoms with van der Waals surface area (Å²) in [6.07, 6.45) is 0.722. The molecule has 2 N–H and O–H groups in total. The molecule has 106 valence electrons. The van der Waals surface area contributed by atoms with Crippen LogP contribution in [0.3, 0.4) is 0 Å². The summed E-state index contributed by atoms with van der Waals surface area (Å²) in [5.74, 6) is -0.174. The van der Waals surface area contributed by atoms with E-state index in [0.29, 0.717) is 10.5 Å². The van der Waals surface area contributed by atoms with E-state index < -0.39 is 0 Å². The van der Waals surface area contributed by atoms with Crippen molar-refractivity contribution in [2.75, 3.05) is 18.0 Å². The molecule has 0 radical (unpaired) electrons. The van der Waals surface area contributed by atoms with Crippen LogP contribution in [-0.4, -0.2) is 29.6 Å². The quantitative estimate of drug-likeness (QED) is 0.924. The molecule has 1 heterocycles. The Kier molecular flexibility index (Phi) is 4.74. The maximum Gasteiger partial charge on any atom is 0.123 e. The summed E-state index contributed by atoms with van der Waals surface area (Å²) in [6.45, 7) is 8.51. The lowest BCUT2D eigenvalue weighted by Crippen LogP contribution is -2.41. The van der Waals surface area contributed by atoms with Gasteiger partial charge in [0, 0.05) is 35.3 Å². The van der Waals surface area contributed by atoms with Crippen molar-refractivity contribution in [2.45, 2.75) is 43.7 Å². The van der Waals surface area contributed by atoms with Gasteiger partial charge in [0.2, 0.25) is 0 Å². The molecule has 1 aliphatic heterocycles. The Morgan fingerprint density at radius 1 is 1.37 bits per heavy atom. The summed E-state index contributed by atoms with van der Waals surface area (Å²) < 4.78 is 13.5. The number of hydrogen-bond acceptors (Lipinski definition) is 3. The van der Waals surface area contributed by atoms with E-state index in [2.05, 4.69) is 18.7 Å². The van der Waals surface area contributed by atoms with Crippen molar-refractivity contribution in [1.82, 2.24) is 0 Å². The molecule has 2 rings (SSSR count). The van der Waals surface area contributed by atoms with Gasteiger partial charge < -0.3 is 10.6 Å². The Balaban J connectivity index is 2.27. The highest BCUT2D eigenvalue weighted by molar-refractivity contribution is 8.00. The highest BCUT2D eigenvalue weighted by Gasteiger charge is 2.24. The lowest BCUT2D eigenvalue weighted by atomic mass is 10.0. The van der Waals surface area contributed by atoms with Crippen molar-refractivity contribution >= 4 is 17.4 Å². The highest BCUT2D eigenvalue weighted by Crippen LogP contribution is 2.31. The monoisotopic (exact) mass is 282 g/mol. The predicted molar refractivity (Wildman–Crippen MR) is 82.5 cm³/mol. The summed E-state index contributed by atoms with van der Waals surface area (Å²) in [5, 5.41) is 1.22. The number of hydrogen-bond donors (Lipinski definition) is 1. The van der Waals surface area contributed by atoms with E-state index in [1.54, 1.807) is 12.1 Å². The van der Waals surface area contributed by atoms with Gasteiger partial charge in [0.05, 0.1) is 0 Å². The smallest absolute Gasteiger partial charge is 0.123 e. The summed E-state index contributed by atoms with van der Waals surface area (Å²) in [5.41, 5.74) is 8.06. The number of benzene rings is 1. The van der Waals surface area contributed by atoms with Crippen LogP contribution in [0.15, 0.2) is 18.2 Å². The van der Waals surface area contributed by atoms with Crippen LogP contribution in [0.25, 0.3) is 0 Å². The molecule has 0 amide bonds. The van der Waals surface area contributed by atoms with Crippen LogP contribution in [0.4, 0.5) is 10.1 Å². The average molecular weight is 282 g/mol. The second kappa shape index (κ2) is 6.14. The zero-order valence-corrected chi connectivity index (χ0v) is 12.7. The molecular weight excluding hydrogens is 259 g/mol. The van der Waals surface area contributed by atoms with Crippen LogP contribution in [0.1, 0.15) is 26.3 Å². The van der Waals surface area contributed by atoms with Gasteiger partial charge in [-0.15, -0.1) is 0 Å². The minimum atomic E-state index is -0.174. The van der Waals surface area contributed by atoms with Crippen LogP contribution in [0, 0.1) is 5.82 Å². The first kappa shape index (κ1) is 14.7. The first-order valence-corrected chi connectivity index (χ1v) is 7.84. The largest absolute Gasteiger partial charge is 0.369 e. The third-order valence-electron chi connectivity index (χ3n) is 3.34. The standard InChI is InChI=1S/C15H23FN2S/c1-10(17)6-13-7-14(16)4-5-15(13)18-8-11(2)19-12(3)9-18/h4-5,7,10-12H,6,8-9,17H2,1-3H3. The van der Waals surface area contributed by atoms with Crippen molar-refractivity contribution < 1.29 is 4.39 Å². The van der Waals surface area contributed by atoms with E-state index in [0.717, 1.165) is 30.8 Å². The molecule has 1 aromatic rings. The molecule has 0 bridgehead atoms. The fraction of sp³-hybridized carbons (Fsp3) is 0.600. The van der Waals surface area contributed by atoms with E-state index in [4.69, 9.17) is 5.73 Å². The Morgan fingerprint density at radius 3 is 2.58 bits per heavy atom. The van der Waals surface area contributed by atoms with Gasteiger partial charge in [-0.3, -0.25) is 0 Å². The number of anilines is 1. The zero-order valence-electron chi connectivity index (χ0n) is 11.9. The molecule has 1 aromatic carbocycles. The molecule has 1 aliphatic rings. The lowest BCUT2D eigenvalue weighted by Gasteiger charge is -2.37. The second-order valence-electron chi connectivity index (χ2n) is 5.62. The first-order chi connectivity index (χ1) is 8.95. The SMILES string of the molecule is CC(N)Cc1cc(F)ccc1N1CC(C)SC(C)C1. The summed E-state index contributed by atoms with van der Waals surface area (Å²) >= 11 is 2.02. The Bertz CT molecular complexity index is 426. The van der Waals surface area contributed by atoms with Gasteiger partial charge in [-0.25, -0.2) is 4.39 Å². The van der Waals surface area contributed by atoms with Crippen molar-refractivity contribution in [3.63, 3.8) is 0 Å². The maximum atomic E-state index is 13.5. The van der Waals surface area contributed by atoms with Gasteiger partial charge in [-0.1, -0.05) is 13.8 Å². The predicted octanol–water partition coefficient (Wildman–Crippen LogP) is 3.05. The van der Waals surface area contributed by atoms with Crippen LogP contribution in [0.2, 0.25) is 0 Å². The van der Waals surface area contributed by atoms with Gasteiger partial charge in [0.15, 0.2) is 0 Å². The fourth-order valence-corrected chi connectivity index (χ4v) is 4.07.